The van der Waals surface area contributed by atoms with Crippen LogP contribution in [-0.4, -0.2) is 63.6 Å². The smallest absolute Gasteiger partial charge is 0.318 e. The van der Waals surface area contributed by atoms with Gasteiger partial charge in [-0.05, 0) is 42.9 Å². The lowest BCUT2D eigenvalue weighted by Gasteiger charge is -2.30. The van der Waals surface area contributed by atoms with E-state index in [4.69, 9.17) is 4.74 Å². The zero-order valence-electron chi connectivity index (χ0n) is 21.5. The first-order valence-electron chi connectivity index (χ1n) is 12.7. The van der Waals surface area contributed by atoms with Crippen molar-refractivity contribution in [1.82, 2.24) is 15.5 Å². The molecule has 0 aliphatic carbocycles. The van der Waals surface area contributed by atoms with Crippen molar-refractivity contribution in [3.05, 3.63) is 77.7 Å². The van der Waals surface area contributed by atoms with Gasteiger partial charge < -0.3 is 20.3 Å². The second kappa shape index (κ2) is 13.9. The fourth-order valence-electron chi connectivity index (χ4n) is 4.06. The summed E-state index contributed by atoms with van der Waals surface area (Å²) in [6.45, 7) is 5.86. The maximum atomic E-state index is 13.4. The van der Waals surface area contributed by atoms with Gasteiger partial charge in [-0.1, -0.05) is 68.5 Å². The van der Waals surface area contributed by atoms with Gasteiger partial charge in [0.15, 0.2) is 9.84 Å². The average Bonchev–Trinajstić information content (AvgIpc) is 2.91. The molecule has 3 amide bonds. The Morgan fingerprint density at radius 2 is 1.59 bits per heavy atom. The van der Waals surface area contributed by atoms with Crippen molar-refractivity contribution in [3.8, 4) is 0 Å². The van der Waals surface area contributed by atoms with Crippen LogP contribution in [0.15, 0.2) is 77.0 Å². The molecule has 0 bridgehead atoms. The lowest BCUT2D eigenvalue weighted by molar-refractivity contribution is -0.123. The van der Waals surface area contributed by atoms with E-state index in [2.05, 4.69) is 10.6 Å². The van der Waals surface area contributed by atoms with E-state index in [1.54, 1.807) is 23.1 Å². The summed E-state index contributed by atoms with van der Waals surface area (Å²) in [6, 6.07) is 16.4. The van der Waals surface area contributed by atoms with Crippen LogP contribution in [-0.2, 0) is 25.8 Å². The molecule has 1 aliphatic heterocycles. The highest BCUT2D eigenvalue weighted by Crippen LogP contribution is 2.14. The predicted molar refractivity (Wildman–Crippen MR) is 144 cm³/mol. The maximum Gasteiger partial charge on any atom is 0.318 e. The fourth-order valence-corrected chi connectivity index (χ4v) is 5.15. The monoisotopic (exact) mass is 527 g/mol. The number of hydrogen-bond acceptors (Lipinski definition) is 5. The SMILES string of the molecule is CC(C)CC(NC(=O)N1CCOCC1)C(=O)N[C@H](/C=C/S(=O)(=O)c1ccccc1)CCc1ccccc1. The molecular formula is C28H37N3O5S. The summed E-state index contributed by atoms with van der Waals surface area (Å²) in [4.78, 5) is 28.0. The first-order valence-corrected chi connectivity index (χ1v) is 14.2. The highest BCUT2D eigenvalue weighted by atomic mass is 32.2. The number of hydrogen-bond donors (Lipinski definition) is 2. The van der Waals surface area contributed by atoms with Crippen LogP contribution in [0.25, 0.3) is 0 Å². The van der Waals surface area contributed by atoms with Crippen LogP contribution in [0.3, 0.4) is 0 Å². The van der Waals surface area contributed by atoms with E-state index < -0.39 is 21.9 Å². The van der Waals surface area contributed by atoms with Gasteiger partial charge in [-0.25, -0.2) is 13.2 Å². The molecule has 0 saturated carbocycles. The van der Waals surface area contributed by atoms with Crippen molar-refractivity contribution < 1.29 is 22.7 Å². The highest BCUT2D eigenvalue weighted by Gasteiger charge is 2.27. The number of sulfone groups is 1. The number of nitrogens with one attached hydrogen (secondary N) is 2. The van der Waals surface area contributed by atoms with Gasteiger partial charge in [0.2, 0.25) is 5.91 Å². The van der Waals surface area contributed by atoms with Crippen LogP contribution in [0, 0.1) is 5.92 Å². The fraction of sp³-hybridized carbons (Fsp3) is 0.429. The minimum Gasteiger partial charge on any atom is -0.378 e. The zero-order valence-corrected chi connectivity index (χ0v) is 22.3. The molecule has 0 spiro atoms. The van der Waals surface area contributed by atoms with Crippen molar-refractivity contribution in [2.45, 2.75) is 50.1 Å². The molecule has 37 heavy (non-hydrogen) atoms. The average molecular weight is 528 g/mol. The Kier molecular flexibility index (Phi) is 10.7. The molecule has 2 atom stereocenters. The third-order valence-corrected chi connectivity index (χ3v) is 7.54. The molecule has 0 aromatic heterocycles. The van der Waals surface area contributed by atoms with Crippen LogP contribution in [0.5, 0.6) is 0 Å². The number of carbonyl (C=O) groups is 2. The number of morpholine rings is 1. The van der Waals surface area contributed by atoms with Crippen LogP contribution in [0.1, 0.15) is 32.3 Å². The van der Waals surface area contributed by atoms with Crippen LogP contribution < -0.4 is 10.6 Å². The van der Waals surface area contributed by atoms with Crippen LogP contribution in [0.2, 0.25) is 0 Å². The lowest BCUT2D eigenvalue weighted by atomic mass is 10.0. The third-order valence-electron chi connectivity index (χ3n) is 6.10. The Bertz CT molecular complexity index is 1130. The van der Waals surface area contributed by atoms with Crippen molar-refractivity contribution in [1.29, 1.82) is 0 Å². The van der Waals surface area contributed by atoms with Crippen molar-refractivity contribution in [2.75, 3.05) is 26.3 Å². The van der Waals surface area contributed by atoms with Gasteiger partial charge in [0, 0.05) is 24.5 Å². The van der Waals surface area contributed by atoms with E-state index in [0.717, 1.165) is 11.0 Å². The van der Waals surface area contributed by atoms with Gasteiger partial charge in [-0.2, -0.15) is 0 Å². The molecule has 2 aromatic carbocycles. The van der Waals surface area contributed by atoms with Crippen molar-refractivity contribution in [2.24, 2.45) is 5.92 Å². The molecule has 8 nitrogen and oxygen atoms in total. The maximum absolute atomic E-state index is 13.4. The summed E-state index contributed by atoms with van der Waals surface area (Å²) in [5.74, 6) is -0.173. The topological polar surface area (TPSA) is 105 Å². The predicted octanol–water partition coefficient (Wildman–Crippen LogP) is 3.55. The number of amides is 3. The summed E-state index contributed by atoms with van der Waals surface area (Å²) >= 11 is 0. The number of nitrogens with zero attached hydrogens (tertiary/aromatic N) is 1. The summed E-state index contributed by atoms with van der Waals surface area (Å²) in [5, 5.41) is 7.00. The van der Waals surface area contributed by atoms with Crippen LogP contribution in [0.4, 0.5) is 4.79 Å². The first kappa shape index (κ1) is 28.4. The molecule has 1 unspecified atom stereocenters. The lowest BCUT2D eigenvalue weighted by Crippen LogP contribution is -2.54. The quantitative estimate of drug-likeness (QED) is 0.465. The van der Waals surface area contributed by atoms with E-state index >= 15 is 0 Å². The van der Waals surface area contributed by atoms with Crippen molar-refractivity contribution in [3.63, 3.8) is 0 Å². The molecule has 200 valence electrons. The Morgan fingerprint density at radius 1 is 0.973 bits per heavy atom. The van der Waals surface area contributed by atoms with Crippen LogP contribution >= 0.6 is 0 Å². The van der Waals surface area contributed by atoms with E-state index in [1.807, 2.05) is 44.2 Å². The molecule has 3 rings (SSSR count). The standard InChI is InChI=1S/C28H37N3O5S/c1-22(2)21-26(30-28(33)31-16-18-36-19-17-31)27(32)29-24(14-13-23-9-5-3-6-10-23)15-20-37(34,35)25-11-7-4-8-12-25/h3-12,15,20,22,24,26H,13-14,16-19,21H2,1-2H3,(H,29,32)(H,30,33)/b20-15+/t24-,26?/m0/s1. The largest absolute Gasteiger partial charge is 0.378 e. The summed E-state index contributed by atoms with van der Waals surface area (Å²) in [7, 11) is -3.67. The van der Waals surface area contributed by atoms with Gasteiger partial charge in [0.05, 0.1) is 18.1 Å². The molecule has 1 saturated heterocycles. The third kappa shape index (κ3) is 9.33. The minimum atomic E-state index is -3.67. The van der Waals surface area contributed by atoms with Crippen molar-refractivity contribution >= 4 is 21.8 Å². The van der Waals surface area contributed by atoms with Gasteiger partial charge in [-0.3, -0.25) is 4.79 Å². The minimum absolute atomic E-state index is 0.164. The molecule has 9 heteroatoms. The van der Waals surface area contributed by atoms with Gasteiger partial charge in [0.25, 0.3) is 0 Å². The second-order valence-electron chi connectivity index (χ2n) is 9.56. The Balaban J connectivity index is 1.75. The number of urea groups is 1. The first-order chi connectivity index (χ1) is 17.7. The number of aryl methyl sites for hydroxylation is 1. The van der Waals surface area contributed by atoms with Gasteiger partial charge >= 0.3 is 6.03 Å². The van der Waals surface area contributed by atoms with E-state index in [9.17, 15) is 18.0 Å². The molecule has 2 aromatic rings. The molecular weight excluding hydrogens is 490 g/mol. The Morgan fingerprint density at radius 3 is 2.22 bits per heavy atom. The summed E-state index contributed by atoms with van der Waals surface area (Å²) < 4.78 is 31.0. The molecule has 2 N–H and O–H groups in total. The number of benzene rings is 2. The highest BCUT2D eigenvalue weighted by molar-refractivity contribution is 7.94. The molecule has 1 aliphatic rings. The van der Waals surface area contributed by atoms with E-state index in [0.29, 0.717) is 45.6 Å². The van der Waals surface area contributed by atoms with E-state index in [1.165, 1.54) is 18.2 Å². The second-order valence-corrected chi connectivity index (χ2v) is 11.4. The normalized spacial score (nSPS) is 15.9. The number of rotatable bonds is 11. The zero-order chi connectivity index (χ0) is 26.7. The summed E-state index contributed by atoms with van der Waals surface area (Å²) in [6.07, 6.45) is 3.14. The number of ether oxygens (including phenoxy) is 1. The number of carbonyl (C=O) groups excluding carboxylic acids is 2. The Labute approximate surface area is 220 Å². The van der Waals surface area contributed by atoms with Gasteiger partial charge in [-0.15, -0.1) is 0 Å². The van der Waals surface area contributed by atoms with E-state index in [-0.39, 0.29) is 22.8 Å². The molecule has 0 radical (unpaired) electrons. The molecule has 1 heterocycles. The van der Waals surface area contributed by atoms with Gasteiger partial charge in [0.1, 0.15) is 6.04 Å². The summed E-state index contributed by atoms with van der Waals surface area (Å²) in [5.41, 5.74) is 1.08. The Hall–Kier alpha value is -3.17. The molecule has 1 fully saturated rings.